The molecular weight excluding hydrogens is 432 g/mol. The number of esters is 2. The van der Waals surface area contributed by atoms with Crippen LogP contribution < -0.4 is 9.47 Å². The Balaban J connectivity index is 1.91. The van der Waals surface area contributed by atoms with Gasteiger partial charge >= 0.3 is 11.9 Å². The number of carbonyl (C=O) groups excluding carboxylic acids is 2. The second kappa shape index (κ2) is 11.3. The van der Waals surface area contributed by atoms with E-state index >= 15 is 0 Å². The Kier molecular flexibility index (Phi) is 7.94. The molecule has 3 rings (SSSR count). The van der Waals surface area contributed by atoms with E-state index in [1.54, 1.807) is 36.4 Å². The monoisotopic (exact) mass is 454 g/mol. The highest BCUT2D eigenvalue weighted by Crippen LogP contribution is 2.22. The summed E-state index contributed by atoms with van der Waals surface area (Å²) in [5, 5.41) is 0. The van der Waals surface area contributed by atoms with Crippen LogP contribution in [-0.4, -0.2) is 40.4 Å². The van der Waals surface area contributed by atoms with Gasteiger partial charge in [0.15, 0.2) is 0 Å². The highest BCUT2D eigenvalue weighted by Gasteiger charge is 2.13. The van der Waals surface area contributed by atoms with Gasteiger partial charge in [-0.3, -0.25) is 0 Å². The number of carbonyl (C=O) groups is 2. The van der Waals surface area contributed by atoms with Crippen LogP contribution in [-0.2, 0) is 9.47 Å². The van der Waals surface area contributed by atoms with Crippen LogP contribution in [0.5, 0.6) is 11.5 Å². The first-order valence-corrected chi connectivity index (χ1v) is 10.2. The van der Waals surface area contributed by atoms with Gasteiger partial charge < -0.3 is 18.9 Å². The summed E-state index contributed by atoms with van der Waals surface area (Å²) in [5.41, 5.74) is 3.49. The number of ether oxygens (including phenoxy) is 4. The van der Waals surface area contributed by atoms with Crippen molar-refractivity contribution in [1.29, 1.82) is 0 Å². The van der Waals surface area contributed by atoms with Crippen molar-refractivity contribution in [2.45, 2.75) is 0 Å². The Labute approximate surface area is 198 Å². The van der Waals surface area contributed by atoms with E-state index in [4.69, 9.17) is 18.9 Å². The van der Waals surface area contributed by atoms with Crippen molar-refractivity contribution in [3.8, 4) is 35.2 Å². The van der Waals surface area contributed by atoms with Gasteiger partial charge in [0.2, 0.25) is 0 Å². The largest absolute Gasteiger partial charge is 0.496 e. The number of methoxy groups -OCH3 is 4. The second-order valence-corrected chi connectivity index (χ2v) is 6.86. The van der Waals surface area contributed by atoms with Crippen molar-refractivity contribution >= 4 is 11.9 Å². The molecule has 170 valence electrons. The van der Waals surface area contributed by atoms with Gasteiger partial charge in [0.25, 0.3) is 0 Å². The minimum Gasteiger partial charge on any atom is -0.496 e. The zero-order chi connectivity index (χ0) is 24.5. The molecule has 0 saturated heterocycles. The van der Waals surface area contributed by atoms with Crippen LogP contribution in [0.3, 0.4) is 0 Å². The SMILES string of the molecule is COC(=O)c1ccc(C#Cc2ccccc2C#Cc2ccc(C(=O)OC)c(OC)c2)cc1OC. The molecule has 6 heteroatoms. The fourth-order valence-corrected chi connectivity index (χ4v) is 3.08. The summed E-state index contributed by atoms with van der Waals surface area (Å²) in [4.78, 5) is 23.7. The van der Waals surface area contributed by atoms with Crippen LogP contribution in [0.4, 0.5) is 0 Å². The minimum atomic E-state index is -0.478. The highest BCUT2D eigenvalue weighted by atomic mass is 16.5. The summed E-state index contributed by atoms with van der Waals surface area (Å²) < 4.78 is 20.1. The first-order chi connectivity index (χ1) is 16.5. The predicted octanol–water partition coefficient (Wildman–Crippen LogP) is 4.08. The first kappa shape index (κ1) is 24.0. The van der Waals surface area contributed by atoms with Crippen LogP contribution in [0.15, 0.2) is 60.7 Å². The lowest BCUT2D eigenvalue weighted by Gasteiger charge is -2.06. The Morgan fingerprint density at radius 2 is 1.00 bits per heavy atom. The zero-order valence-corrected chi connectivity index (χ0v) is 19.2. The maximum Gasteiger partial charge on any atom is 0.341 e. The molecular formula is C28H22O6. The summed E-state index contributed by atoms with van der Waals surface area (Å²) in [5.74, 6) is 12.2. The van der Waals surface area contributed by atoms with Gasteiger partial charge in [-0.25, -0.2) is 9.59 Å². The van der Waals surface area contributed by atoms with Crippen LogP contribution in [0.25, 0.3) is 0 Å². The van der Waals surface area contributed by atoms with E-state index in [1.807, 2.05) is 24.3 Å². The van der Waals surface area contributed by atoms with Crippen LogP contribution in [0, 0.1) is 23.7 Å². The topological polar surface area (TPSA) is 71.1 Å². The smallest absolute Gasteiger partial charge is 0.341 e. The molecule has 0 atom stereocenters. The van der Waals surface area contributed by atoms with Crippen LogP contribution in [0.1, 0.15) is 43.0 Å². The molecule has 3 aromatic rings. The molecule has 0 N–H and O–H groups in total. The Bertz CT molecular complexity index is 1240. The molecule has 3 aromatic carbocycles. The molecule has 0 radical (unpaired) electrons. The Hall–Kier alpha value is -4.68. The molecule has 0 heterocycles. The quantitative estimate of drug-likeness (QED) is 0.437. The van der Waals surface area contributed by atoms with Crippen LogP contribution >= 0.6 is 0 Å². The van der Waals surface area contributed by atoms with Gasteiger partial charge in [-0.1, -0.05) is 35.8 Å². The molecule has 0 saturated carbocycles. The van der Waals surface area contributed by atoms with E-state index in [1.165, 1.54) is 28.4 Å². The van der Waals surface area contributed by atoms with Gasteiger partial charge in [-0.15, -0.1) is 0 Å². The van der Waals surface area contributed by atoms with Crippen molar-refractivity contribution in [2.75, 3.05) is 28.4 Å². The third-order valence-corrected chi connectivity index (χ3v) is 4.82. The molecule has 0 unspecified atom stereocenters. The molecule has 34 heavy (non-hydrogen) atoms. The maximum absolute atomic E-state index is 11.8. The van der Waals surface area contributed by atoms with Gasteiger partial charge in [0.05, 0.1) is 28.4 Å². The van der Waals surface area contributed by atoms with Gasteiger partial charge in [0.1, 0.15) is 22.6 Å². The average molecular weight is 454 g/mol. The van der Waals surface area contributed by atoms with Gasteiger partial charge in [-0.2, -0.15) is 0 Å². The Morgan fingerprint density at radius 1 is 0.588 bits per heavy atom. The molecule has 0 aliphatic heterocycles. The normalized spacial score (nSPS) is 9.53. The lowest BCUT2D eigenvalue weighted by atomic mass is 10.1. The molecule has 0 aliphatic rings. The summed E-state index contributed by atoms with van der Waals surface area (Å²) in [7, 11) is 5.60. The van der Waals surface area contributed by atoms with E-state index in [0.29, 0.717) is 33.8 Å². The third kappa shape index (κ3) is 5.56. The lowest BCUT2D eigenvalue weighted by Crippen LogP contribution is -2.04. The van der Waals surface area contributed by atoms with Crippen molar-refractivity contribution in [1.82, 2.24) is 0 Å². The van der Waals surface area contributed by atoms with Gasteiger partial charge in [0, 0.05) is 22.3 Å². The van der Waals surface area contributed by atoms with E-state index in [0.717, 1.165) is 11.1 Å². The highest BCUT2D eigenvalue weighted by molar-refractivity contribution is 5.93. The van der Waals surface area contributed by atoms with Crippen LogP contribution in [0.2, 0.25) is 0 Å². The predicted molar refractivity (Wildman–Crippen MR) is 127 cm³/mol. The Morgan fingerprint density at radius 3 is 1.35 bits per heavy atom. The molecule has 0 amide bonds. The number of benzene rings is 3. The average Bonchev–Trinajstić information content (AvgIpc) is 2.89. The molecule has 0 aromatic heterocycles. The molecule has 0 bridgehead atoms. The van der Waals surface area contributed by atoms with Gasteiger partial charge in [-0.05, 0) is 48.5 Å². The standard InChI is InChI=1S/C28H22O6/c1-31-25-17-19(11-15-23(25)27(29)33-3)9-13-21-7-5-6-8-22(21)14-10-20-12-16-24(28(30)34-4)26(18-20)32-2/h5-8,11-12,15-18H,1-4H3. The van der Waals surface area contributed by atoms with E-state index in [9.17, 15) is 9.59 Å². The molecule has 0 spiro atoms. The van der Waals surface area contributed by atoms with Crippen molar-refractivity contribution < 1.29 is 28.5 Å². The summed E-state index contributed by atoms with van der Waals surface area (Å²) in [6, 6.07) is 17.6. The summed E-state index contributed by atoms with van der Waals surface area (Å²) >= 11 is 0. The fourth-order valence-electron chi connectivity index (χ4n) is 3.08. The van der Waals surface area contributed by atoms with E-state index in [2.05, 4.69) is 23.7 Å². The third-order valence-electron chi connectivity index (χ3n) is 4.82. The number of hydrogen-bond acceptors (Lipinski definition) is 6. The molecule has 0 fully saturated rings. The fraction of sp³-hybridized carbons (Fsp3) is 0.143. The number of hydrogen-bond donors (Lipinski definition) is 0. The first-order valence-electron chi connectivity index (χ1n) is 10.2. The molecule has 0 aliphatic carbocycles. The summed E-state index contributed by atoms with van der Waals surface area (Å²) in [6.45, 7) is 0. The van der Waals surface area contributed by atoms with E-state index < -0.39 is 11.9 Å². The van der Waals surface area contributed by atoms with E-state index in [-0.39, 0.29) is 0 Å². The van der Waals surface area contributed by atoms with Crippen molar-refractivity contribution in [3.63, 3.8) is 0 Å². The maximum atomic E-state index is 11.8. The minimum absolute atomic E-state index is 0.329. The van der Waals surface area contributed by atoms with Crippen molar-refractivity contribution in [3.05, 3.63) is 94.0 Å². The number of rotatable bonds is 4. The zero-order valence-electron chi connectivity index (χ0n) is 19.2. The lowest BCUT2D eigenvalue weighted by molar-refractivity contribution is 0.0588. The van der Waals surface area contributed by atoms with Crippen molar-refractivity contribution in [2.24, 2.45) is 0 Å². The second-order valence-electron chi connectivity index (χ2n) is 6.86. The summed E-state index contributed by atoms with van der Waals surface area (Å²) in [6.07, 6.45) is 0. The molecule has 6 nitrogen and oxygen atoms in total.